The molecule has 0 spiro atoms. The number of imide groups is 1. The van der Waals surface area contributed by atoms with Gasteiger partial charge >= 0.3 is 0 Å². The van der Waals surface area contributed by atoms with Crippen LogP contribution in [0.5, 0.6) is 0 Å². The summed E-state index contributed by atoms with van der Waals surface area (Å²) in [5, 5.41) is 2.17. The second-order valence-corrected chi connectivity index (χ2v) is 7.74. The molecule has 3 heterocycles. The summed E-state index contributed by atoms with van der Waals surface area (Å²) in [6, 6.07) is 17.9. The van der Waals surface area contributed by atoms with Crippen molar-refractivity contribution >= 4 is 34.8 Å². The van der Waals surface area contributed by atoms with Crippen LogP contribution in [0.25, 0.3) is 0 Å². The molecular formula is C23H18ClN3O3. The van der Waals surface area contributed by atoms with Gasteiger partial charge in [-0.1, -0.05) is 35.9 Å². The zero-order chi connectivity index (χ0) is 20.8. The normalized spacial score (nSPS) is 23.2. The molecule has 0 unspecified atom stereocenters. The molecular weight excluding hydrogens is 402 g/mol. The van der Waals surface area contributed by atoms with Gasteiger partial charge in [-0.2, -0.15) is 0 Å². The first-order chi connectivity index (χ1) is 14.6. The maximum Gasteiger partial charge on any atom is 0.266 e. The minimum Gasteiger partial charge on any atom is -0.273 e. The molecule has 2 saturated heterocycles. The number of aromatic nitrogens is 1. The molecule has 3 atom stereocenters. The lowest BCUT2D eigenvalue weighted by Crippen LogP contribution is -2.37. The van der Waals surface area contributed by atoms with Crippen LogP contribution in [0.1, 0.15) is 17.2 Å². The van der Waals surface area contributed by atoms with Crippen LogP contribution < -0.4 is 9.96 Å². The molecule has 0 aliphatic carbocycles. The van der Waals surface area contributed by atoms with Gasteiger partial charge in [0.05, 0.1) is 17.4 Å². The number of para-hydroxylation sites is 1. The number of rotatable bonds is 3. The van der Waals surface area contributed by atoms with E-state index in [1.54, 1.807) is 42.6 Å². The van der Waals surface area contributed by atoms with Crippen LogP contribution in [0.15, 0.2) is 73.1 Å². The van der Waals surface area contributed by atoms with Gasteiger partial charge in [0.25, 0.3) is 5.91 Å². The number of pyridine rings is 1. The van der Waals surface area contributed by atoms with E-state index in [1.165, 1.54) is 4.90 Å². The Bertz CT molecular complexity index is 1120. The summed E-state index contributed by atoms with van der Waals surface area (Å²) >= 11 is 6.24. The topological polar surface area (TPSA) is 62.7 Å². The van der Waals surface area contributed by atoms with Gasteiger partial charge in [0, 0.05) is 17.4 Å². The van der Waals surface area contributed by atoms with E-state index in [1.807, 2.05) is 42.5 Å². The predicted octanol–water partition coefficient (Wildman–Crippen LogP) is 4.09. The Hall–Kier alpha value is -3.22. The molecule has 30 heavy (non-hydrogen) atoms. The van der Waals surface area contributed by atoms with Crippen LogP contribution in [0.3, 0.4) is 0 Å². The minimum absolute atomic E-state index is 0.296. The van der Waals surface area contributed by atoms with E-state index in [9.17, 15) is 9.59 Å². The summed E-state index contributed by atoms with van der Waals surface area (Å²) in [7, 11) is 0. The molecule has 0 bridgehead atoms. The molecule has 2 aliphatic heterocycles. The Labute approximate surface area is 178 Å². The highest BCUT2D eigenvalue weighted by Crippen LogP contribution is 2.48. The summed E-state index contributed by atoms with van der Waals surface area (Å²) in [5.74, 6) is -1.36. The van der Waals surface area contributed by atoms with Gasteiger partial charge in [0.1, 0.15) is 5.92 Å². The van der Waals surface area contributed by atoms with Crippen molar-refractivity contribution in [2.24, 2.45) is 5.92 Å². The van der Waals surface area contributed by atoms with Crippen molar-refractivity contribution in [1.29, 1.82) is 0 Å². The lowest BCUT2D eigenvalue weighted by molar-refractivity contribution is -0.126. The lowest BCUT2D eigenvalue weighted by atomic mass is 9.91. The third-order valence-corrected chi connectivity index (χ3v) is 6.06. The number of nitrogens with zero attached hydrogens (tertiary/aromatic N) is 3. The third kappa shape index (κ3) is 2.80. The molecule has 0 saturated carbocycles. The SMILES string of the molecule is Cc1c(Cl)cccc1N1C(=O)[C@@H]2[C@H](ON(c3ccccc3)[C@H]2c2ccncc2)C1=O. The number of amides is 2. The van der Waals surface area contributed by atoms with Crippen LogP contribution in [0.2, 0.25) is 5.02 Å². The standard InChI is InChI=1S/C23H18ClN3O3/c1-14-17(24)8-5-9-18(14)26-22(28)19-20(15-10-12-25-13-11-15)27(30-21(19)23(26)29)16-6-3-2-4-7-16/h2-13,19-21H,1H3/t19-,20-,21-/m0/s1. The number of anilines is 2. The fourth-order valence-corrected chi connectivity index (χ4v) is 4.36. The van der Waals surface area contributed by atoms with Gasteiger partial charge in [-0.05, 0) is 54.4 Å². The third-order valence-electron chi connectivity index (χ3n) is 5.65. The molecule has 2 aliphatic rings. The van der Waals surface area contributed by atoms with Crippen molar-refractivity contribution in [3.05, 3.63) is 89.2 Å². The van der Waals surface area contributed by atoms with E-state index in [-0.39, 0.29) is 11.8 Å². The number of carbonyl (C=O) groups is 2. The number of benzene rings is 2. The molecule has 1 aromatic heterocycles. The van der Waals surface area contributed by atoms with Gasteiger partial charge in [-0.25, -0.2) is 9.96 Å². The molecule has 3 aromatic rings. The molecule has 5 rings (SSSR count). The maximum absolute atomic E-state index is 13.6. The first kappa shape index (κ1) is 18.8. The van der Waals surface area contributed by atoms with Crippen LogP contribution in [0, 0.1) is 12.8 Å². The van der Waals surface area contributed by atoms with Crippen molar-refractivity contribution in [3.63, 3.8) is 0 Å². The van der Waals surface area contributed by atoms with E-state index < -0.39 is 18.1 Å². The zero-order valence-corrected chi connectivity index (χ0v) is 16.9. The minimum atomic E-state index is -0.908. The van der Waals surface area contributed by atoms with Gasteiger partial charge in [-0.3, -0.25) is 19.4 Å². The summed E-state index contributed by atoms with van der Waals surface area (Å²) in [5.41, 5.74) is 2.81. The molecule has 150 valence electrons. The first-order valence-corrected chi connectivity index (χ1v) is 9.99. The number of fused-ring (bicyclic) bond motifs is 1. The van der Waals surface area contributed by atoms with Crippen molar-refractivity contribution in [1.82, 2.24) is 4.98 Å². The lowest BCUT2D eigenvalue weighted by Gasteiger charge is -2.29. The largest absolute Gasteiger partial charge is 0.273 e. The highest BCUT2D eigenvalue weighted by molar-refractivity contribution is 6.32. The van der Waals surface area contributed by atoms with Crippen LogP contribution in [0.4, 0.5) is 11.4 Å². The first-order valence-electron chi connectivity index (χ1n) is 9.62. The Balaban J connectivity index is 1.60. The number of hydrogen-bond acceptors (Lipinski definition) is 5. The molecule has 0 radical (unpaired) electrons. The highest BCUT2D eigenvalue weighted by atomic mass is 35.5. The Morgan fingerprint density at radius 2 is 1.67 bits per heavy atom. The van der Waals surface area contributed by atoms with Crippen LogP contribution in [-0.4, -0.2) is 22.9 Å². The highest BCUT2D eigenvalue weighted by Gasteiger charge is 2.60. The van der Waals surface area contributed by atoms with Crippen molar-refractivity contribution < 1.29 is 14.4 Å². The van der Waals surface area contributed by atoms with Crippen LogP contribution >= 0.6 is 11.6 Å². The number of halogens is 1. The molecule has 6 nitrogen and oxygen atoms in total. The predicted molar refractivity (Wildman–Crippen MR) is 113 cm³/mol. The fourth-order valence-electron chi connectivity index (χ4n) is 4.19. The van der Waals surface area contributed by atoms with Crippen molar-refractivity contribution in [2.45, 2.75) is 19.1 Å². The van der Waals surface area contributed by atoms with E-state index in [2.05, 4.69) is 4.98 Å². The molecule has 0 N–H and O–H groups in total. The van der Waals surface area contributed by atoms with Gasteiger partial charge in [0.15, 0.2) is 6.10 Å². The zero-order valence-electron chi connectivity index (χ0n) is 16.1. The van der Waals surface area contributed by atoms with Crippen molar-refractivity contribution in [3.8, 4) is 0 Å². The maximum atomic E-state index is 13.6. The van der Waals surface area contributed by atoms with Gasteiger partial charge in [0.2, 0.25) is 5.91 Å². The van der Waals surface area contributed by atoms with Crippen molar-refractivity contribution in [2.75, 3.05) is 9.96 Å². The summed E-state index contributed by atoms with van der Waals surface area (Å²) < 4.78 is 0. The smallest absolute Gasteiger partial charge is 0.266 e. The Morgan fingerprint density at radius 3 is 2.40 bits per heavy atom. The second kappa shape index (κ2) is 7.23. The Morgan fingerprint density at radius 1 is 0.933 bits per heavy atom. The fraction of sp³-hybridized carbons (Fsp3) is 0.174. The van der Waals surface area contributed by atoms with E-state index in [4.69, 9.17) is 16.4 Å². The molecule has 2 fully saturated rings. The van der Waals surface area contributed by atoms with E-state index in [0.29, 0.717) is 16.3 Å². The number of hydrogen-bond donors (Lipinski definition) is 0. The number of hydroxylamine groups is 1. The summed E-state index contributed by atoms with van der Waals surface area (Å²) in [6.45, 7) is 1.80. The average molecular weight is 420 g/mol. The number of carbonyl (C=O) groups excluding carboxylic acids is 2. The Kier molecular flexibility index (Phi) is 4.53. The molecule has 7 heteroatoms. The van der Waals surface area contributed by atoms with E-state index in [0.717, 1.165) is 11.3 Å². The quantitative estimate of drug-likeness (QED) is 0.598. The van der Waals surface area contributed by atoms with Gasteiger partial charge < -0.3 is 0 Å². The van der Waals surface area contributed by atoms with E-state index >= 15 is 0 Å². The van der Waals surface area contributed by atoms with Gasteiger partial charge in [-0.15, -0.1) is 0 Å². The summed E-state index contributed by atoms with van der Waals surface area (Å²) in [4.78, 5) is 38.3. The average Bonchev–Trinajstić information content (AvgIpc) is 3.28. The van der Waals surface area contributed by atoms with Crippen LogP contribution in [-0.2, 0) is 14.4 Å². The molecule has 2 aromatic carbocycles. The monoisotopic (exact) mass is 419 g/mol. The summed E-state index contributed by atoms with van der Waals surface area (Å²) in [6.07, 6.45) is 2.44. The molecule has 2 amide bonds. The second-order valence-electron chi connectivity index (χ2n) is 7.33.